The Morgan fingerprint density at radius 3 is 2.20 bits per heavy atom. The van der Waals surface area contributed by atoms with Crippen molar-refractivity contribution in [3.63, 3.8) is 0 Å². The summed E-state index contributed by atoms with van der Waals surface area (Å²) in [6.45, 7) is 8.56. The average molecular weight is 203 g/mol. The van der Waals surface area contributed by atoms with E-state index >= 15 is 0 Å². The van der Waals surface area contributed by atoms with E-state index in [9.17, 15) is 0 Å². The van der Waals surface area contributed by atoms with Gasteiger partial charge in [0.15, 0.2) is 0 Å². The van der Waals surface area contributed by atoms with Gasteiger partial charge in [-0.1, -0.05) is 43.8 Å². The molecule has 0 atom stereocenters. The zero-order valence-corrected chi connectivity index (χ0v) is 9.63. The fourth-order valence-corrected chi connectivity index (χ4v) is 1.50. The highest BCUT2D eigenvalue weighted by molar-refractivity contribution is 5.62. The van der Waals surface area contributed by atoms with Crippen LogP contribution in [-0.4, -0.2) is 13.1 Å². The minimum atomic E-state index is 1.03. The molecule has 0 unspecified atom stereocenters. The lowest BCUT2D eigenvalue weighted by Gasteiger charge is -1.99. The minimum absolute atomic E-state index is 1.03. The van der Waals surface area contributed by atoms with Crippen LogP contribution in [0.25, 0.3) is 5.57 Å². The lowest BCUT2D eigenvalue weighted by Crippen LogP contribution is -2.03. The van der Waals surface area contributed by atoms with E-state index in [0.717, 1.165) is 6.42 Å². The number of allylic oxidation sites excluding steroid dienone is 1. The molecule has 1 N–H and O–H groups in total. The van der Waals surface area contributed by atoms with Crippen LogP contribution in [-0.2, 0) is 0 Å². The molecule has 1 aliphatic heterocycles. The second-order valence-electron chi connectivity index (χ2n) is 3.78. The molecule has 0 aliphatic carbocycles. The van der Waals surface area contributed by atoms with Gasteiger partial charge >= 0.3 is 0 Å². The second kappa shape index (κ2) is 7.24. The predicted molar refractivity (Wildman–Crippen MR) is 67.9 cm³/mol. The number of benzene rings is 1. The molecule has 0 aromatic heterocycles. The van der Waals surface area contributed by atoms with E-state index in [-0.39, 0.29) is 0 Å². The van der Waals surface area contributed by atoms with Crippen molar-refractivity contribution in [3.8, 4) is 0 Å². The highest BCUT2D eigenvalue weighted by Crippen LogP contribution is 2.13. The summed E-state index contributed by atoms with van der Waals surface area (Å²) in [4.78, 5) is 0. The van der Waals surface area contributed by atoms with Crippen molar-refractivity contribution in [2.75, 3.05) is 13.1 Å². The van der Waals surface area contributed by atoms with Crippen molar-refractivity contribution in [2.45, 2.75) is 26.2 Å². The predicted octanol–water partition coefficient (Wildman–Crippen LogP) is 3.48. The van der Waals surface area contributed by atoms with E-state index < -0.39 is 0 Å². The fourth-order valence-electron chi connectivity index (χ4n) is 1.50. The van der Waals surface area contributed by atoms with Crippen LogP contribution in [0.4, 0.5) is 0 Å². The van der Waals surface area contributed by atoms with Crippen molar-refractivity contribution < 1.29 is 0 Å². The summed E-state index contributed by atoms with van der Waals surface area (Å²) in [5.74, 6) is 0. The first-order chi connectivity index (χ1) is 7.34. The van der Waals surface area contributed by atoms with Gasteiger partial charge in [-0.25, -0.2) is 0 Å². The van der Waals surface area contributed by atoms with Crippen molar-refractivity contribution in [1.29, 1.82) is 0 Å². The third kappa shape index (κ3) is 4.80. The standard InChI is InChI=1S/C10H12.C4H9N/c1-3-9(2)10-7-5-4-6-8-10;1-2-4-5-3-1/h4-8H,2-3H2,1H3;5H,1-4H2. The summed E-state index contributed by atoms with van der Waals surface area (Å²) in [7, 11) is 0. The zero-order valence-electron chi connectivity index (χ0n) is 9.63. The molecule has 1 aromatic rings. The molecule has 0 bridgehead atoms. The van der Waals surface area contributed by atoms with Gasteiger partial charge < -0.3 is 5.32 Å². The van der Waals surface area contributed by atoms with Gasteiger partial charge in [0, 0.05) is 0 Å². The normalized spacial score (nSPS) is 14.2. The van der Waals surface area contributed by atoms with E-state index in [0.29, 0.717) is 0 Å². The third-order valence-electron chi connectivity index (χ3n) is 2.57. The molecule has 0 saturated carbocycles. The van der Waals surface area contributed by atoms with Crippen molar-refractivity contribution >= 4 is 5.57 Å². The zero-order chi connectivity index (χ0) is 10.9. The van der Waals surface area contributed by atoms with Crippen molar-refractivity contribution in [2.24, 2.45) is 0 Å². The summed E-state index contributed by atoms with van der Waals surface area (Å²) >= 11 is 0. The molecule has 1 aromatic carbocycles. The number of hydrogen-bond acceptors (Lipinski definition) is 1. The quantitative estimate of drug-likeness (QED) is 0.776. The SMILES string of the molecule is C1CCNC1.C=C(CC)c1ccccc1. The first-order valence-corrected chi connectivity index (χ1v) is 5.78. The first-order valence-electron chi connectivity index (χ1n) is 5.78. The van der Waals surface area contributed by atoms with Crippen LogP contribution in [0.5, 0.6) is 0 Å². The highest BCUT2D eigenvalue weighted by Gasteiger charge is 1.93. The fraction of sp³-hybridized carbons (Fsp3) is 0.429. The van der Waals surface area contributed by atoms with Crippen molar-refractivity contribution in [1.82, 2.24) is 5.32 Å². The van der Waals surface area contributed by atoms with E-state index in [1.54, 1.807) is 0 Å². The Bertz CT molecular complexity index is 265. The summed E-state index contributed by atoms with van der Waals surface area (Å²) in [6.07, 6.45) is 3.81. The largest absolute Gasteiger partial charge is 0.317 e. The Labute approximate surface area is 93.2 Å². The van der Waals surface area contributed by atoms with Gasteiger partial charge in [-0.3, -0.25) is 0 Å². The third-order valence-corrected chi connectivity index (χ3v) is 2.57. The highest BCUT2D eigenvalue weighted by atomic mass is 14.9. The Balaban J connectivity index is 0.000000187. The summed E-state index contributed by atoms with van der Waals surface area (Å²) < 4.78 is 0. The number of hydrogen-bond donors (Lipinski definition) is 1. The van der Waals surface area contributed by atoms with Gasteiger partial charge in [0.2, 0.25) is 0 Å². The Kier molecular flexibility index (Phi) is 5.79. The van der Waals surface area contributed by atoms with Gasteiger partial charge in [-0.15, -0.1) is 0 Å². The molecule has 1 aliphatic rings. The molecule has 1 fully saturated rings. The molecule has 0 spiro atoms. The maximum absolute atomic E-state index is 3.94. The minimum Gasteiger partial charge on any atom is -0.317 e. The van der Waals surface area contributed by atoms with Gasteiger partial charge in [0.1, 0.15) is 0 Å². The van der Waals surface area contributed by atoms with Crippen LogP contribution in [0.1, 0.15) is 31.7 Å². The average Bonchev–Trinajstić information content (AvgIpc) is 2.88. The van der Waals surface area contributed by atoms with Gasteiger partial charge in [-0.05, 0) is 43.5 Å². The maximum atomic E-state index is 3.94. The van der Waals surface area contributed by atoms with E-state index in [2.05, 4.69) is 31.0 Å². The van der Waals surface area contributed by atoms with E-state index in [4.69, 9.17) is 0 Å². The van der Waals surface area contributed by atoms with Gasteiger partial charge in [-0.2, -0.15) is 0 Å². The van der Waals surface area contributed by atoms with Crippen molar-refractivity contribution in [3.05, 3.63) is 42.5 Å². The Hall–Kier alpha value is -1.08. The molecular weight excluding hydrogens is 182 g/mol. The second-order valence-corrected chi connectivity index (χ2v) is 3.78. The topological polar surface area (TPSA) is 12.0 Å². The number of nitrogens with one attached hydrogen (secondary N) is 1. The Morgan fingerprint density at radius 2 is 1.80 bits per heavy atom. The summed E-state index contributed by atoms with van der Waals surface area (Å²) in [6, 6.07) is 10.3. The van der Waals surface area contributed by atoms with Crippen LogP contribution in [0, 0.1) is 0 Å². The molecule has 1 heterocycles. The molecule has 1 saturated heterocycles. The lowest BCUT2D eigenvalue weighted by atomic mass is 10.1. The van der Waals surface area contributed by atoms with Crippen LogP contribution >= 0.6 is 0 Å². The van der Waals surface area contributed by atoms with Crippen LogP contribution in [0.15, 0.2) is 36.9 Å². The first kappa shape index (κ1) is 12.0. The molecule has 1 heteroatoms. The van der Waals surface area contributed by atoms with Crippen LogP contribution in [0.3, 0.4) is 0 Å². The molecule has 1 nitrogen and oxygen atoms in total. The van der Waals surface area contributed by atoms with Gasteiger partial charge in [0.25, 0.3) is 0 Å². The molecule has 0 amide bonds. The lowest BCUT2D eigenvalue weighted by molar-refractivity contribution is 0.857. The molecule has 0 radical (unpaired) electrons. The van der Waals surface area contributed by atoms with Crippen LogP contribution in [0.2, 0.25) is 0 Å². The van der Waals surface area contributed by atoms with Gasteiger partial charge in [0.05, 0.1) is 0 Å². The number of rotatable bonds is 2. The molecular formula is C14H21N. The maximum Gasteiger partial charge on any atom is -0.00484 e. The molecule has 82 valence electrons. The molecule has 15 heavy (non-hydrogen) atoms. The van der Waals surface area contributed by atoms with E-state index in [1.807, 2.05) is 18.2 Å². The monoisotopic (exact) mass is 203 g/mol. The summed E-state index contributed by atoms with van der Waals surface area (Å²) in [5.41, 5.74) is 2.46. The molecule has 2 rings (SSSR count). The van der Waals surface area contributed by atoms with Crippen LogP contribution < -0.4 is 5.32 Å². The Morgan fingerprint density at radius 1 is 1.20 bits per heavy atom. The smallest absolute Gasteiger partial charge is 0.00484 e. The van der Waals surface area contributed by atoms with E-state index in [1.165, 1.54) is 37.1 Å². The summed E-state index contributed by atoms with van der Waals surface area (Å²) in [5, 5.41) is 3.22.